The van der Waals surface area contributed by atoms with Crippen LogP contribution in [-0.2, 0) is 6.42 Å². The largest absolute Gasteiger partial charge is 0.385 e. The second kappa shape index (κ2) is 5.56. The van der Waals surface area contributed by atoms with Crippen LogP contribution in [0.2, 0.25) is 0 Å². The molecule has 0 spiro atoms. The van der Waals surface area contributed by atoms with Gasteiger partial charge in [0.05, 0.1) is 5.56 Å². The molecule has 0 atom stereocenters. The predicted octanol–water partition coefficient (Wildman–Crippen LogP) is 3.74. The first kappa shape index (κ1) is 13.6. The van der Waals surface area contributed by atoms with E-state index < -0.39 is 11.7 Å². The van der Waals surface area contributed by atoms with Gasteiger partial charge in [-0.3, -0.25) is 4.79 Å². The first-order chi connectivity index (χ1) is 10.2. The molecule has 2 aromatic carbocycles. The van der Waals surface area contributed by atoms with Gasteiger partial charge >= 0.3 is 0 Å². The van der Waals surface area contributed by atoms with Crippen molar-refractivity contribution >= 4 is 17.3 Å². The van der Waals surface area contributed by atoms with Crippen LogP contribution in [0.5, 0.6) is 0 Å². The van der Waals surface area contributed by atoms with E-state index in [-0.39, 0.29) is 5.56 Å². The number of amides is 1. The van der Waals surface area contributed by atoms with E-state index in [1.54, 1.807) is 19.1 Å². The summed E-state index contributed by atoms with van der Waals surface area (Å²) in [6.07, 6.45) is 1.94. The fourth-order valence-electron chi connectivity index (χ4n) is 2.64. The number of benzene rings is 2. The number of anilines is 2. The Balaban J connectivity index is 1.90. The standard InChI is InChI=1S/C17H17FN2O/c1-11-5-2-6-13(16(11)18)17(21)20-15-9-3-8-14-12(15)7-4-10-19-14/h2-3,5-6,8-9,19H,4,7,10H2,1H3,(H,20,21). The Morgan fingerprint density at radius 1 is 1.24 bits per heavy atom. The molecular formula is C17H17FN2O. The third-order valence-corrected chi connectivity index (χ3v) is 3.78. The Morgan fingerprint density at radius 3 is 2.90 bits per heavy atom. The maximum Gasteiger partial charge on any atom is 0.258 e. The van der Waals surface area contributed by atoms with Crippen molar-refractivity contribution in [2.24, 2.45) is 0 Å². The minimum atomic E-state index is -0.460. The molecule has 0 fully saturated rings. The van der Waals surface area contributed by atoms with Crippen LogP contribution in [0.4, 0.5) is 15.8 Å². The molecule has 21 heavy (non-hydrogen) atoms. The van der Waals surface area contributed by atoms with E-state index in [0.717, 1.165) is 36.3 Å². The molecule has 3 rings (SSSR count). The average molecular weight is 284 g/mol. The molecular weight excluding hydrogens is 267 g/mol. The molecule has 0 radical (unpaired) electrons. The fraction of sp³-hybridized carbons (Fsp3) is 0.235. The van der Waals surface area contributed by atoms with E-state index in [2.05, 4.69) is 10.6 Å². The second-order valence-corrected chi connectivity index (χ2v) is 5.25. The molecule has 2 aromatic rings. The highest BCUT2D eigenvalue weighted by molar-refractivity contribution is 6.05. The van der Waals surface area contributed by atoms with Crippen LogP contribution < -0.4 is 10.6 Å². The Bertz CT molecular complexity index is 697. The quantitative estimate of drug-likeness (QED) is 0.882. The number of hydrogen-bond donors (Lipinski definition) is 2. The van der Waals surface area contributed by atoms with Crippen LogP contribution in [0.3, 0.4) is 0 Å². The van der Waals surface area contributed by atoms with E-state index in [1.807, 2.05) is 18.2 Å². The van der Waals surface area contributed by atoms with Gasteiger partial charge in [-0.1, -0.05) is 18.2 Å². The Morgan fingerprint density at radius 2 is 2.05 bits per heavy atom. The Labute approximate surface area is 123 Å². The zero-order valence-corrected chi connectivity index (χ0v) is 11.9. The molecule has 108 valence electrons. The lowest BCUT2D eigenvalue weighted by molar-refractivity contribution is 0.102. The highest BCUT2D eigenvalue weighted by Crippen LogP contribution is 2.29. The number of carbonyl (C=O) groups is 1. The molecule has 1 amide bonds. The fourth-order valence-corrected chi connectivity index (χ4v) is 2.64. The number of hydrogen-bond acceptors (Lipinski definition) is 2. The van der Waals surface area contributed by atoms with Crippen LogP contribution in [-0.4, -0.2) is 12.5 Å². The van der Waals surface area contributed by atoms with E-state index in [0.29, 0.717) is 5.56 Å². The third-order valence-electron chi connectivity index (χ3n) is 3.78. The lowest BCUT2D eigenvalue weighted by Gasteiger charge is -2.21. The molecule has 0 saturated carbocycles. The summed E-state index contributed by atoms with van der Waals surface area (Å²) in [5.74, 6) is -0.868. The van der Waals surface area contributed by atoms with E-state index in [4.69, 9.17) is 0 Å². The summed E-state index contributed by atoms with van der Waals surface area (Å²) in [6.45, 7) is 2.59. The van der Waals surface area contributed by atoms with Gasteiger partial charge in [0.2, 0.25) is 0 Å². The van der Waals surface area contributed by atoms with Crippen molar-refractivity contribution in [2.75, 3.05) is 17.2 Å². The smallest absolute Gasteiger partial charge is 0.258 e. The zero-order chi connectivity index (χ0) is 14.8. The lowest BCUT2D eigenvalue weighted by Crippen LogP contribution is -2.18. The topological polar surface area (TPSA) is 41.1 Å². The Hall–Kier alpha value is -2.36. The van der Waals surface area contributed by atoms with Gasteiger partial charge in [0.25, 0.3) is 5.91 Å². The number of fused-ring (bicyclic) bond motifs is 1. The van der Waals surface area contributed by atoms with Crippen molar-refractivity contribution in [3.05, 3.63) is 58.9 Å². The van der Waals surface area contributed by atoms with Crippen molar-refractivity contribution in [1.82, 2.24) is 0 Å². The number of carbonyl (C=O) groups excluding carboxylic acids is 1. The average Bonchev–Trinajstić information content (AvgIpc) is 2.50. The lowest BCUT2D eigenvalue weighted by atomic mass is 10.0. The third kappa shape index (κ3) is 2.61. The van der Waals surface area contributed by atoms with Gasteiger partial charge < -0.3 is 10.6 Å². The van der Waals surface area contributed by atoms with Crippen molar-refractivity contribution in [3.8, 4) is 0 Å². The molecule has 3 nitrogen and oxygen atoms in total. The van der Waals surface area contributed by atoms with E-state index in [9.17, 15) is 9.18 Å². The maximum atomic E-state index is 14.0. The summed E-state index contributed by atoms with van der Waals surface area (Å²) in [5.41, 5.74) is 3.44. The number of halogens is 1. The van der Waals surface area contributed by atoms with Crippen LogP contribution in [0.25, 0.3) is 0 Å². The van der Waals surface area contributed by atoms with Crippen LogP contribution >= 0.6 is 0 Å². The SMILES string of the molecule is Cc1cccc(C(=O)Nc2cccc3c2CCCN3)c1F. The van der Waals surface area contributed by atoms with E-state index in [1.165, 1.54) is 6.07 Å². The molecule has 0 saturated heterocycles. The van der Waals surface area contributed by atoms with Crippen molar-refractivity contribution in [3.63, 3.8) is 0 Å². The normalized spacial score (nSPS) is 13.2. The summed E-state index contributed by atoms with van der Waals surface area (Å²) in [5, 5.41) is 6.15. The summed E-state index contributed by atoms with van der Waals surface area (Å²) in [6, 6.07) is 10.6. The monoisotopic (exact) mass is 284 g/mol. The van der Waals surface area contributed by atoms with Gasteiger partial charge in [-0.15, -0.1) is 0 Å². The van der Waals surface area contributed by atoms with E-state index >= 15 is 0 Å². The molecule has 1 aliphatic heterocycles. The molecule has 0 bridgehead atoms. The summed E-state index contributed by atoms with van der Waals surface area (Å²) in [7, 11) is 0. The second-order valence-electron chi connectivity index (χ2n) is 5.25. The van der Waals surface area contributed by atoms with Gasteiger partial charge in [0, 0.05) is 17.9 Å². The molecule has 0 aliphatic carbocycles. The molecule has 1 heterocycles. The highest BCUT2D eigenvalue weighted by atomic mass is 19.1. The van der Waals surface area contributed by atoms with Crippen LogP contribution in [0.1, 0.15) is 27.9 Å². The summed E-state index contributed by atoms with van der Waals surface area (Å²) < 4.78 is 14.0. The minimum absolute atomic E-state index is 0.0800. The zero-order valence-electron chi connectivity index (χ0n) is 11.9. The molecule has 1 aliphatic rings. The minimum Gasteiger partial charge on any atom is -0.385 e. The first-order valence-electron chi connectivity index (χ1n) is 7.09. The first-order valence-corrected chi connectivity index (χ1v) is 7.09. The molecule has 2 N–H and O–H groups in total. The van der Waals surface area contributed by atoms with Gasteiger partial charge in [-0.25, -0.2) is 4.39 Å². The maximum absolute atomic E-state index is 14.0. The van der Waals surface area contributed by atoms with Crippen LogP contribution in [0, 0.1) is 12.7 Å². The molecule has 0 unspecified atom stereocenters. The summed E-state index contributed by atoms with van der Waals surface area (Å²) >= 11 is 0. The molecule has 0 aromatic heterocycles. The van der Waals surface area contributed by atoms with Crippen molar-refractivity contribution in [1.29, 1.82) is 0 Å². The number of rotatable bonds is 2. The van der Waals surface area contributed by atoms with Crippen molar-refractivity contribution < 1.29 is 9.18 Å². The van der Waals surface area contributed by atoms with Gasteiger partial charge in [0.1, 0.15) is 5.82 Å². The number of nitrogens with one attached hydrogen (secondary N) is 2. The van der Waals surface area contributed by atoms with Gasteiger partial charge in [-0.2, -0.15) is 0 Å². The Kier molecular flexibility index (Phi) is 3.60. The van der Waals surface area contributed by atoms with Gasteiger partial charge in [0.15, 0.2) is 0 Å². The molecule has 4 heteroatoms. The number of aryl methyl sites for hydroxylation is 1. The highest BCUT2D eigenvalue weighted by Gasteiger charge is 2.17. The van der Waals surface area contributed by atoms with Gasteiger partial charge in [-0.05, 0) is 49.1 Å². The predicted molar refractivity (Wildman–Crippen MR) is 82.3 cm³/mol. The van der Waals surface area contributed by atoms with Crippen molar-refractivity contribution in [2.45, 2.75) is 19.8 Å². The van der Waals surface area contributed by atoms with Crippen LogP contribution in [0.15, 0.2) is 36.4 Å². The summed E-state index contributed by atoms with van der Waals surface area (Å²) in [4.78, 5) is 12.3.